The van der Waals surface area contributed by atoms with Crippen molar-refractivity contribution in [1.29, 1.82) is 0 Å². The Morgan fingerprint density at radius 2 is 1.78 bits per heavy atom. The highest BCUT2D eigenvalue weighted by Gasteiger charge is 2.51. The number of nitrogens with one attached hydrogen (secondary N) is 1. The fraction of sp³-hybridized carbons (Fsp3) is 0.414. The molecule has 2 amide bonds. The van der Waals surface area contributed by atoms with Crippen molar-refractivity contribution in [3.63, 3.8) is 0 Å². The molecule has 2 aromatic carbocycles. The minimum absolute atomic E-state index is 0.244. The molecular weight excluding hydrogens is 524 g/mol. The largest absolute Gasteiger partial charge is 0.493 e. The quantitative estimate of drug-likeness (QED) is 0.317. The van der Waals surface area contributed by atoms with E-state index in [0.717, 1.165) is 34.1 Å². The van der Waals surface area contributed by atoms with Crippen LogP contribution in [0, 0.1) is 17.8 Å². The summed E-state index contributed by atoms with van der Waals surface area (Å²) < 4.78 is 6.24. The molecule has 1 heterocycles. The number of hydrogen-bond acceptors (Lipinski definition) is 5. The zero-order valence-corrected chi connectivity index (χ0v) is 23.1. The number of ether oxygens (including phenoxy) is 1. The molecule has 1 N–H and O–H groups in total. The summed E-state index contributed by atoms with van der Waals surface area (Å²) in [6.07, 6.45) is 9.86. The van der Waals surface area contributed by atoms with Gasteiger partial charge in [-0.05, 0) is 129 Å². The van der Waals surface area contributed by atoms with Crippen LogP contribution in [0.3, 0.4) is 0 Å². The van der Waals surface area contributed by atoms with Gasteiger partial charge in [0.05, 0.1) is 11.5 Å². The molecule has 37 heavy (non-hydrogen) atoms. The van der Waals surface area contributed by atoms with E-state index in [1.54, 1.807) is 24.3 Å². The zero-order chi connectivity index (χ0) is 25.7. The Morgan fingerprint density at radius 1 is 1.14 bits per heavy atom. The first-order valence-electron chi connectivity index (χ1n) is 13.0. The molecule has 5 fully saturated rings. The van der Waals surface area contributed by atoms with E-state index in [1.165, 1.54) is 55.9 Å². The average molecular weight is 553 g/mol. The molecule has 192 valence electrons. The Morgan fingerprint density at radius 3 is 2.41 bits per heavy atom. The van der Waals surface area contributed by atoms with E-state index < -0.39 is 5.91 Å². The van der Waals surface area contributed by atoms with Crippen molar-refractivity contribution in [3.05, 3.63) is 69.1 Å². The Kier molecular flexibility index (Phi) is 6.58. The molecule has 0 radical (unpaired) electrons. The van der Waals surface area contributed by atoms with Crippen molar-refractivity contribution in [1.82, 2.24) is 10.4 Å². The van der Waals surface area contributed by atoms with Crippen LogP contribution in [-0.2, 0) is 10.2 Å². The molecule has 4 aliphatic carbocycles. The number of thioether (sulfide) groups is 1. The van der Waals surface area contributed by atoms with Crippen molar-refractivity contribution < 1.29 is 14.3 Å². The first-order valence-corrected chi connectivity index (χ1v) is 14.6. The monoisotopic (exact) mass is 552 g/mol. The van der Waals surface area contributed by atoms with E-state index in [9.17, 15) is 9.59 Å². The van der Waals surface area contributed by atoms with E-state index in [-0.39, 0.29) is 15.6 Å². The summed E-state index contributed by atoms with van der Waals surface area (Å²) in [5.41, 5.74) is 5.53. The predicted molar refractivity (Wildman–Crippen MR) is 151 cm³/mol. The lowest BCUT2D eigenvalue weighted by Crippen LogP contribution is -2.48. The van der Waals surface area contributed by atoms with E-state index in [1.807, 2.05) is 13.0 Å². The Bertz CT molecular complexity index is 1270. The number of thiocarbonyl (C=S) groups is 1. The molecule has 0 unspecified atom stereocenters. The number of halogens is 1. The van der Waals surface area contributed by atoms with Gasteiger partial charge in [-0.25, -0.2) is 0 Å². The topological polar surface area (TPSA) is 58.6 Å². The van der Waals surface area contributed by atoms with Gasteiger partial charge in [-0.1, -0.05) is 29.4 Å². The third-order valence-electron chi connectivity index (χ3n) is 8.36. The summed E-state index contributed by atoms with van der Waals surface area (Å²) in [6, 6.07) is 13.0. The van der Waals surface area contributed by atoms with Crippen molar-refractivity contribution in [3.8, 4) is 5.75 Å². The van der Waals surface area contributed by atoms with E-state index in [4.69, 9.17) is 28.6 Å². The normalized spacial score (nSPS) is 29.3. The fourth-order valence-electron chi connectivity index (χ4n) is 7.21. The first kappa shape index (κ1) is 25.0. The Hall–Kier alpha value is -2.35. The number of benzene rings is 2. The van der Waals surface area contributed by atoms with Gasteiger partial charge < -0.3 is 4.74 Å². The summed E-state index contributed by atoms with van der Waals surface area (Å²) in [5.74, 6) is 2.53. The lowest BCUT2D eigenvalue weighted by Gasteiger charge is -2.57. The van der Waals surface area contributed by atoms with Crippen LogP contribution in [0.25, 0.3) is 6.08 Å². The summed E-state index contributed by atoms with van der Waals surface area (Å²) in [6.45, 7) is 2.50. The third kappa shape index (κ3) is 4.70. The number of amides is 2. The lowest BCUT2D eigenvalue weighted by molar-refractivity contribution is -0.123. The number of rotatable bonds is 6. The molecule has 8 heteroatoms. The van der Waals surface area contributed by atoms with Crippen LogP contribution in [-0.4, -0.2) is 27.8 Å². The minimum atomic E-state index is -0.423. The van der Waals surface area contributed by atoms with Crippen molar-refractivity contribution in [2.75, 3.05) is 6.61 Å². The van der Waals surface area contributed by atoms with Gasteiger partial charge in [0.2, 0.25) is 0 Å². The summed E-state index contributed by atoms with van der Waals surface area (Å²) in [5, 5.41) is 1.68. The van der Waals surface area contributed by atoms with Gasteiger partial charge in [-0.15, -0.1) is 0 Å². The number of carbonyl (C=O) groups excluding carboxylic acids is 2. The maximum atomic E-state index is 13.3. The highest BCUT2D eigenvalue weighted by molar-refractivity contribution is 8.26. The molecule has 5 nitrogen and oxygen atoms in total. The van der Waals surface area contributed by atoms with Crippen LogP contribution in [0.4, 0.5) is 0 Å². The van der Waals surface area contributed by atoms with Gasteiger partial charge in [-0.3, -0.25) is 15.0 Å². The predicted octanol–water partition coefficient (Wildman–Crippen LogP) is 6.75. The molecule has 4 saturated carbocycles. The van der Waals surface area contributed by atoms with Gasteiger partial charge in [0.1, 0.15) is 5.75 Å². The first-order chi connectivity index (χ1) is 17.8. The second kappa shape index (κ2) is 9.75. The van der Waals surface area contributed by atoms with Crippen LogP contribution in [0.2, 0.25) is 5.02 Å². The number of hydrogen-bond donors (Lipinski definition) is 1. The molecule has 1 saturated heterocycles. The van der Waals surface area contributed by atoms with Gasteiger partial charge in [0, 0.05) is 16.1 Å². The second-order valence-electron chi connectivity index (χ2n) is 10.8. The maximum absolute atomic E-state index is 13.3. The van der Waals surface area contributed by atoms with E-state index in [0.29, 0.717) is 22.1 Å². The van der Waals surface area contributed by atoms with Crippen LogP contribution < -0.4 is 10.2 Å². The molecular formula is C29H29ClN2O3S2. The standard InChI is InChI=1S/C29H29ClN2O3S2/c1-2-35-24-8-5-22(29-14-17-9-18(15-29)11-19(10-17)16-29)12-21(24)13-25-27(34)32(28(36)37-25)31-26(33)20-3-6-23(30)7-4-20/h3-8,12-13,17-19H,2,9-11,14-16H2,1H3,(H,31,33)/b25-13+. The molecule has 5 aliphatic rings. The Labute approximate surface area is 231 Å². The number of hydrazine groups is 1. The Balaban J connectivity index is 1.28. The van der Waals surface area contributed by atoms with Crippen molar-refractivity contribution in [2.45, 2.75) is 50.9 Å². The van der Waals surface area contributed by atoms with Crippen LogP contribution >= 0.6 is 35.6 Å². The van der Waals surface area contributed by atoms with Crippen molar-refractivity contribution in [2.24, 2.45) is 17.8 Å². The van der Waals surface area contributed by atoms with Gasteiger partial charge in [0.25, 0.3) is 11.8 Å². The van der Waals surface area contributed by atoms with Crippen molar-refractivity contribution >= 4 is 57.8 Å². The van der Waals surface area contributed by atoms with Gasteiger partial charge >= 0.3 is 0 Å². The summed E-state index contributed by atoms with van der Waals surface area (Å²) in [4.78, 5) is 26.5. The fourth-order valence-corrected chi connectivity index (χ4v) is 8.51. The minimum Gasteiger partial charge on any atom is -0.493 e. The molecule has 0 aromatic heterocycles. The summed E-state index contributed by atoms with van der Waals surface area (Å²) in [7, 11) is 0. The highest BCUT2D eigenvalue weighted by Crippen LogP contribution is 2.61. The molecule has 1 aliphatic heterocycles. The van der Waals surface area contributed by atoms with E-state index >= 15 is 0 Å². The maximum Gasteiger partial charge on any atom is 0.285 e. The van der Waals surface area contributed by atoms with Crippen LogP contribution in [0.1, 0.15) is 66.9 Å². The zero-order valence-electron chi connectivity index (χ0n) is 20.7. The number of nitrogens with zero attached hydrogens (tertiary/aromatic N) is 1. The van der Waals surface area contributed by atoms with Crippen LogP contribution in [0.5, 0.6) is 5.75 Å². The summed E-state index contributed by atoms with van der Waals surface area (Å²) >= 11 is 12.6. The van der Waals surface area contributed by atoms with E-state index in [2.05, 4.69) is 23.6 Å². The smallest absolute Gasteiger partial charge is 0.285 e. The highest BCUT2D eigenvalue weighted by atomic mass is 35.5. The molecule has 4 bridgehead atoms. The number of carbonyl (C=O) groups is 2. The van der Waals surface area contributed by atoms with Gasteiger partial charge in [-0.2, -0.15) is 5.01 Å². The molecule has 2 aromatic rings. The molecule has 0 atom stereocenters. The lowest BCUT2D eigenvalue weighted by atomic mass is 9.48. The molecule has 0 spiro atoms. The van der Waals surface area contributed by atoms with Gasteiger partial charge in [0.15, 0.2) is 4.32 Å². The average Bonchev–Trinajstić information content (AvgIpc) is 3.12. The second-order valence-corrected chi connectivity index (χ2v) is 13.0. The van der Waals surface area contributed by atoms with Crippen LogP contribution in [0.15, 0.2) is 47.4 Å². The SMILES string of the molecule is CCOc1ccc(C23CC4CC(CC(C4)C2)C3)cc1/C=C1/SC(=S)N(NC(=O)c2ccc(Cl)cc2)C1=O. The third-order valence-corrected chi connectivity index (χ3v) is 9.91. The molecule has 7 rings (SSSR count).